The molecule has 1 N–H and O–H groups in total. The summed E-state index contributed by atoms with van der Waals surface area (Å²) < 4.78 is 0. The third-order valence-corrected chi connectivity index (χ3v) is 3.18. The Morgan fingerprint density at radius 3 is 2.57 bits per heavy atom. The molecule has 1 aliphatic rings. The first-order valence-corrected chi connectivity index (χ1v) is 6.85. The zero-order valence-corrected chi connectivity index (χ0v) is 12.2. The van der Waals surface area contributed by atoms with E-state index in [-0.39, 0.29) is 23.8 Å². The molecule has 2 heterocycles. The van der Waals surface area contributed by atoms with Gasteiger partial charge in [-0.15, -0.1) is 0 Å². The van der Waals surface area contributed by atoms with E-state index in [9.17, 15) is 9.59 Å². The van der Waals surface area contributed by atoms with Gasteiger partial charge in [0.25, 0.3) is 0 Å². The summed E-state index contributed by atoms with van der Waals surface area (Å²) >= 11 is 0. The molecule has 0 unspecified atom stereocenters. The minimum Gasteiger partial charge on any atom is -0.395 e. The molecule has 0 bridgehead atoms. The van der Waals surface area contributed by atoms with Gasteiger partial charge >= 0.3 is 0 Å². The van der Waals surface area contributed by atoms with Crippen molar-refractivity contribution in [3.63, 3.8) is 0 Å². The Hall–Kier alpha value is -2.19. The van der Waals surface area contributed by atoms with Crippen LogP contribution in [0.3, 0.4) is 0 Å². The normalized spacial score (nSPS) is 17.4. The van der Waals surface area contributed by atoms with Crippen molar-refractivity contribution in [3.8, 4) is 11.8 Å². The van der Waals surface area contributed by atoms with Gasteiger partial charge in [0.2, 0.25) is 11.8 Å². The monoisotopic (exact) mass is 286 g/mol. The van der Waals surface area contributed by atoms with Gasteiger partial charge in [0, 0.05) is 19.3 Å². The van der Waals surface area contributed by atoms with Gasteiger partial charge in [-0.1, -0.05) is 25.8 Å². The van der Waals surface area contributed by atoms with Crippen LogP contribution >= 0.6 is 0 Å². The fourth-order valence-electron chi connectivity index (χ4n) is 2.26. The van der Waals surface area contributed by atoms with Gasteiger partial charge < -0.3 is 5.11 Å². The van der Waals surface area contributed by atoms with Crippen molar-refractivity contribution in [2.75, 3.05) is 11.5 Å². The molecule has 0 aromatic carbocycles. The van der Waals surface area contributed by atoms with Crippen molar-refractivity contribution >= 4 is 17.6 Å². The van der Waals surface area contributed by atoms with Crippen molar-refractivity contribution in [1.82, 2.24) is 4.98 Å². The quantitative estimate of drug-likeness (QED) is 0.660. The Labute approximate surface area is 124 Å². The van der Waals surface area contributed by atoms with Gasteiger partial charge in [-0.3, -0.25) is 9.59 Å². The van der Waals surface area contributed by atoms with E-state index in [0.717, 1.165) is 4.90 Å². The number of aliphatic hydroxyl groups excluding tert-OH is 1. The minimum absolute atomic E-state index is 0.00906. The zero-order chi connectivity index (χ0) is 15.5. The fourth-order valence-corrected chi connectivity index (χ4v) is 2.26. The van der Waals surface area contributed by atoms with Crippen LogP contribution in [0.4, 0.5) is 5.82 Å². The molecule has 5 heteroatoms. The lowest BCUT2D eigenvalue weighted by molar-refractivity contribution is -0.132. The topological polar surface area (TPSA) is 70.5 Å². The first-order chi connectivity index (χ1) is 9.93. The number of pyridine rings is 1. The molecule has 0 radical (unpaired) electrons. The number of aliphatic hydroxyl groups is 1. The molecule has 1 aromatic rings. The maximum absolute atomic E-state index is 12.2. The summed E-state index contributed by atoms with van der Waals surface area (Å²) in [7, 11) is 0. The Morgan fingerprint density at radius 1 is 1.29 bits per heavy atom. The lowest BCUT2D eigenvalue weighted by Crippen LogP contribution is -2.46. The number of carbonyl (C=O) groups is 2. The Bertz CT molecular complexity index is 606. The summed E-state index contributed by atoms with van der Waals surface area (Å²) in [6, 6.07) is 5.05. The third-order valence-electron chi connectivity index (χ3n) is 3.18. The number of piperidine rings is 1. The first kappa shape index (κ1) is 15.2. The summed E-state index contributed by atoms with van der Waals surface area (Å²) in [4.78, 5) is 29.8. The van der Waals surface area contributed by atoms with Crippen molar-refractivity contribution in [1.29, 1.82) is 0 Å². The van der Waals surface area contributed by atoms with Crippen molar-refractivity contribution < 1.29 is 14.7 Å². The van der Waals surface area contributed by atoms with E-state index in [1.54, 1.807) is 18.2 Å². The van der Waals surface area contributed by atoms with Gasteiger partial charge in [0.15, 0.2) is 0 Å². The average molecular weight is 286 g/mol. The molecule has 0 saturated carbocycles. The smallest absolute Gasteiger partial charge is 0.235 e. The van der Waals surface area contributed by atoms with Crippen molar-refractivity contribution in [2.24, 2.45) is 5.41 Å². The second-order valence-electron chi connectivity index (χ2n) is 5.80. The number of nitrogens with zero attached hydrogens (tertiary/aromatic N) is 2. The molecule has 0 spiro atoms. The van der Waals surface area contributed by atoms with Gasteiger partial charge in [-0.2, -0.15) is 0 Å². The van der Waals surface area contributed by atoms with Crippen LogP contribution in [0.15, 0.2) is 18.2 Å². The predicted molar refractivity (Wildman–Crippen MR) is 78.3 cm³/mol. The fraction of sp³-hybridized carbons (Fsp3) is 0.438. The van der Waals surface area contributed by atoms with Crippen molar-refractivity contribution in [3.05, 3.63) is 23.9 Å². The largest absolute Gasteiger partial charge is 0.395 e. The van der Waals surface area contributed by atoms with Crippen molar-refractivity contribution in [2.45, 2.75) is 33.1 Å². The van der Waals surface area contributed by atoms with Crippen LogP contribution in [-0.2, 0) is 9.59 Å². The molecule has 2 rings (SSSR count). The molecule has 5 nitrogen and oxygen atoms in total. The number of amides is 2. The maximum atomic E-state index is 12.2. The summed E-state index contributed by atoms with van der Waals surface area (Å²) in [6.45, 7) is 3.81. The number of anilines is 1. The number of aromatic nitrogens is 1. The maximum Gasteiger partial charge on any atom is 0.235 e. The molecule has 1 fully saturated rings. The van der Waals surface area contributed by atoms with Crippen LogP contribution < -0.4 is 4.90 Å². The van der Waals surface area contributed by atoms with Crippen LogP contribution in [0.25, 0.3) is 0 Å². The van der Waals surface area contributed by atoms with E-state index in [1.165, 1.54) is 0 Å². The van der Waals surface area contributed by atoms with Gasteiger partial charge in [-0.25, -0.2) is 9.88 Å². The lowest BCUT2D eigenvalue weighted by atomic mass is 9.82. The molecule has 2 amide bonds. The predicted octanol–water partition coefficient (Wildman–Crippen LogP) is 1.50. The molecular formula is C16H18N2O3. The molecule has 1 aliphatic heterocycles. The molecule has 0 atom stereocenters. The van der Waals surface area contributed by atoms with Crippen LogP contribution in [0, 0.1) is 17.3 Å². The zero-order valence-electron chi connectivity index (χ0n) is 12.2. The van der Waals surface area contributed by atoms with E-state index < -0.39 is 0 Å². The SMILES string of the molecule is CC1(C)CC(=O)N(c2cccc(C#CCCO)n2)C(=O)C1. The molecule has 1 saturated heterocycles. The van der Waals surface area contributed by atoms with E-state index in [4.69, 9.17) is 5.11 Å². The summed E-state index contributed by atoms with van der Waals surface area (Å²) in [5, 5.41) is 8.70. The van der Waals surface area contributed by atoms with Gasteiger partial charge in [-0.05, 0) is 23.5 Å². The lowest BCUT2D eigenvalue weighted by Gasteiger charge is -2.34. The van der Waals surface area contributed by atoms with Crippen LogP contribution in [-0.4, -0.2) is 28.5 Å². The minimum atomic E-state index is -0.302. The molecule has 21 heavy (non-hydrogen) atoms. The Kier molecular flexibility index (Phi) is 4.39. The summed E-state index contributed by atoms with van der Waals surface area (Å²) in [6.07, 6.45) is 1.00. The van der Waals surface area contributed by atoms with E-state index >= 15 is 0 Å². The Morgan fingerprint density at radius 2 is 1.95 bits per heavy atom. The standard InChI is InChI=1S/C16H18N2O3/c1-16(2)10-14(20)18(15(21)11-16)13-8-5-7-12(17-13)6-3-4-9-19/h5,7-8,19H,4,9-11H2,1-2H3. The average Bonchev–Trinajstić information content (AvgIpc) is 2.37. The van der Waals surface area contributed by atoms with E-state index in [2.05, 4.69) is 16.8 Å². The Balaban J connectivity index is 2.26. The number of hydrogen-bond donors (Lipinski definition) is 1. The van der Waals surface area contributed by atoms with Crippen LogP contribution in [0.1, 0.15) is 38.8 Å². The van der Waals surface area contributed by atoms with Crippen LogP contribution in [0.5, 0.6) is 0 Å². The van der Waals surface area contributed by atoms with E-state index in [0.29, 0.717) is 30.8 Å². The van der Waals surface area contributed by atoms with Gasteiger partial charge in [0.05, 0.1) is 6.61 Å². The second kappa shape index (κ2) is 6.06. The molecular weight excluding hydrogens is 268 g/mol. The molecule has 110 valence electrons. The number of hydrogen-bond acceptors (Lipinski definition) is 4. The first-order valence-electron chi connectivity index (χ1n) is 6.85. The van der Waals surface area contributed by atoms with Gasteiger partial charge in [0.1, 0.15) is 11.5 Å². The second-order valence-corrected chi connectivity index (χ2v) is 5.80. The number of imide groups is 1. The highest BCUT2D eigenvalue weighted by molar-refractivity contribution is 6.16. The molecule has 1 aromatic heterocycles. The number of rotatable bonds is 2. The number of carbonyl (C=O) groups excluding carboxylic acids is 2. The highest BCUT2D eigenvalue weighted by Crippen LogP contribution is 2.33. The van der Waals surface area contributed by atoms with Crippen LogP contribution in [0.2, 0.25) is 0 Å². The molecule has 0 aliphatic carbocycles. The summed E-state index contributed by atoms with van der Waals surface area (Å²) in [5.74, 6) is 5.42. The summed E-state index contributed by atoms with van der Waals surface area (Å²) in [5.41, 5.74) is 0.176. The highest BCUT2D eigenvalue weighted by Gasteiger charge is 2.38. The van der Waals surface area contributed by atoms with E-state index in [1.807, 2.05) is 13.8 Å². The highest BCUT2D eigenvalue weighted by atomic mass is 16.2. The third kappa shape index (κ3) is 3.67.